The molecule has 0 aliphatic carbocycles. The van der Waals surface area contributed by atoms with Gasteiger partial charge in [0.05, 0.1) is 11.4 Å². The number of carbonyl (C=O) groups is 1. The molecule has 158 valence electrons. The number of carbonyl (C=O) groups excluding carboxylic acids is 1. The van der Waals surface area contributed by atoms with E-state index in [-0.39, 0.29) is 11.5 Å². The molecule has 0 saturated heterocycles. The van der Waals surface area contributed by atoms with E-state index in [4.69, 9.17) is 4.74 Å². The van der Waals surface area contributed by atoms with Crippen LogP contribution < -0.4 is 15.6 Å². The van der Waals surface area contributed by atoms with E-state index in [1.807, 2.05) is 61.5 Å². The summed E-state index contributed by atoms with van der Waals surface area (Å²) in [5.41, 5.74) is 1.32. The largest absolute Gasteiger partial charge is 0.481 e. The second-order valence-corrected chi connectivity index (χ2v) is 9.16. The highest BCUT2D eigenvalue weighted by molar-refractivity contribution is 7.98. The third kappa shape index (κ3) is 5.15. The lowest BCUT2D eigenvalue weighted by Gasteiger charge is -2.16. The standard InChI is InChI=1S/C23H21N3O3S2/c1-15-13-26-21(27)12-17(24-23(26)31-15)14-30-20-11-7-6-10-19(20)25-22(28)16(2)29-18-8-4-3-5-9-18/h3-13,16H,14H2,1-2H3,(H,25,28). The lowest BCUT2D eigenvalue weighted by atomic mass is 10.3. The van der Waals surface area contributed by atoms with Crippen molar-refractivity contribution < 1.29 is 9.53 Å². The van der Waals surface area contributed by atoms with Crippen molar-refractivity contribution >= 4 is 39.7 Å². The molecule has 31 heavy (non-hydrogen) atoms. The molecule has 0 spiro atoms. The monoisotopic (exact) mass is 451 g/mol. The molecule has 2 aromatic carbocycles. The van der Waals surface area contributed by atoms with Crippen LogP contribution in [0.1, 0.15) is 17.5 Å². The predicted molar refractivity (Wildman–Crippen MR) is 125 cm³/mol. The zero-order valence-electron chi connectivity index (χ0n) is 17.1. The van der Waals surface area contributed by atoms with E-state index in [0.29, 0.717) is 27.8 Å². The van der Waals surface area contributed by atoms with Crippen molar-refractivity contribution in [3.05, 3.63) is 87.8 Å². The fraction of sp³-hybridized carbons (Fsp3) is 0.174. The molecule has 4 aromatic rings. The zero-order valence-corrected chi connectivity index (χ0v) is 18.7. The molecule has 8 heteroatoms. The number of thiazole rings is 1. The van der Waals surface area contributed by atoms with Crippen LogP contribution in [0.5, 0.6) is 5.75 Å². The number of benzene rings is 2. The maximum absolute atomic E-state index is 12.6. The summed E-state index contributed by atoms with van der Waals surface area (Å²) in [5.74, 6) is 0.930. The number of hydrogen-bond acceptors (Lipinski definition) is 6. The Morgan fingerprint density at radius 3 is 2.74 bits per heavy atom. The van der Waals surface area contributed by atoms with Crippen LogP contribution in [0.3, 0.4) is 0 Å². The van der Waals surface area contributed by atoms with Gasteiger partial charge >= 0.3 is 0 Å². The average Bonchev–Trinajstić information content (AvgIpc) is 3.14. The Hall–Kier alpha value is -3.10. The fourth-order valence-electron chi connectivity index (χ4n) is 2.97. The van der Waals surface area contributed by atoms with Crippen molar-refractivity contribution in [2.45, 2.75) is 30.6 Å². The lowest BCUT2D eigenvalue weighted by Crippen LogP contribution is -2.30. The van der Waals surface area contributed by atoms with Gasteiger partial charge in [-0.3, -0.25) is 14.0 Å². The summed E-state index contributed by atoms with van der Waals surface area (Å²) >= 11 is 3.01. The Labute approximate surface area is 187 Å². The van der Waals surface area contributed by atoms with Crippen LogP contribution in [0.4, 0.5) is 5.69 Å². The van der Waals surface area contributed by atoms with E-state index in [0.717, 1.165) is 9.77 Å². The number of ether oxygens (including phenoxy) is 1. The molecule has 0 fully saturated rings. The summed E-state index contributed by atoms with van der Waals surface area (Å²) < 4.78 is 7.27. The van der Waals surface area contributed by atoms with Crippen LogP contribution in [0, 0.1) is 6.92 Å². The van der Waals surface area contributed by atoms with Gasteiger partial charge in [0, 0.05) is 27.8 Å². The molecule has 6 nitrogen and oxygen atoms in total. The predicted octanol–water partition coefficient (Wildman–Crippen LogP) is 4.76. The summed E-state index contributed by atoms with van der Waals surface area (Å²) in [7, 11) is 0. The number of anilines is 1. The van der Waals surface area contributed by atoms with Gasteiger partial charge in [-0.05, 0) is 38.1 Å². The highest BCUT2D eigenvalue weighted by Crippen LogP contribution is 2.30. The molecule has 0 bridgehead atoms. The SMILES string of the molecule is Cc1cn2c(=O)cc(CSc3ccccc3NC(=O)C(C)Oc3ccccc3)nc2s1. The summed E-state index contributed by atoms with van der Waals surface area (Å²) in [6.45, 7) is 3.67. The molecule has 2 aromatic heterocycles. The van der Waals surface area contributed by atoms with E-state index in [9.17, 15) is 9.59 Å². The minimum absolute atomic E-state index is 0.0848. The van der Waals surface area contributed by atoms with Crippen LogP contribution in [0.15, 0.2) is 76.6 Å². The summed E-state index contributed by atoms with van der Waals surface area (Å²) in [6.07, 6.45) is 1.15. The van der Waals surface area contributed by atoms with E-state index >= 15 is 0 Å². The van der Waals surface area contributed by atoms with Gasteiger partial charge in [0.15, 0.2) is 11.1 Å². The maximum Gasteiger partial charge on any atom is 0.265 e. The molecule has 0 aliphatic heterocycles. The highest BCUT2D eigenvalue weighted by Gasteiger charge is 2.16. The second kappa shape index (κ2) is 9.36. The van der Waals surface area contributed by atoms with Crippen LogP contribution in [-0.4, -0.2) is 21.4 Å². The molecule has 0 radical (unpaired) electrons. The van der Waals surface area contributed by atoms with Gasteiger partial charge in [0.2, 0.25) is 0 Å². The molecule has 1 N–H and O–H groups in total. The van der Waals surface area contributed by atoms with Crippen LogP contribution in [0.25, 0.3) is 4.96 Å². The van der Waals surface area contributed by atoms with Crippen molar-refractivity contribution in [3.63, 3.8) is 0 Å². The number of nitrogens with zero attached hydrogens (tertiary/aromatic N) is 2. The number of amides is 1. The third-order valence-corrected chi connectivity index (χ3v) is 6.49. The first kappa shape index (κ1) is 21.1. The van der Waals surface area contributed by atoms with Crippen molar-refractivity contribution in [2.75, 3.05) is 5.32 Å². The minimum Gasteiger partial charge on any atom is -0.481 e. The molecule has 4 rings (SSSR count). The van der Waals surface area contributed by atoms with Gasteiger partial charge in [-0.25, -0.2) is 4.98 Å². The van der Waals surface area contributed by atoms with E-state index < -0.39 is 6.10 Å². The van der Waals surface area contributed by atoms with Crippen molar-refractivity contribution in [1.82, 2.24) is 9.38 Å². The van der Waals surface area contributed by atoms with E-state index in [1.54, 1.807) is 23.6 Å². The molecular formula is C23H21N3O3S2. The maximum atomic E-state index is 12.6. The van der Waals surface area contributed by atoms with Crippen LogP contribution in [0.2, 0.25) is 0 Å². The molecule has 0 aliphatic rings. The first-order valence-corrected chi connectivity index (χ1v) is 11.5. The number of para-hydroxylation sites is 2. The Kier molecular flexibility index (Phi) is 6.39. The van der Waals surface area contributed by atoms with Gasteiger partial charge in [-0.1, -0.05) is 30.3 Å². The zero-order chi connectivity index (χ0) is 21.8. The second-order valence-electron chi connectivity index (χ2n) is 6.93. The van der Waals surface area contributed by atoms with Crippen LogP contribution in [-0.2, 0) is 10.5 Å². The van der Waals surface area contributed by atoms with E-state index in [1.165, 1.54) is 23.1 Å². The molecule has 1 amide bonds. The number of thioether (sulfide) groups is 1. The first-order chi connectivity index (χ1) is 15.0. The number of hydrogen-bond donors (Lipinski definition) is 1. The van der Waals surface area contributed by atoms with Gasteiger partial charge < -0.3 is 10.1 Å². The van der Waals surface area contributed by atoms with Gasteiger partial charge in [-0.15, -0.1) is 23.1 Å². The molecule has 1 atom stereocenters. The normalized spacial score (nSPS) is 11.9. The van der Waals surface area contributed by atoms with Crippen molar-refractivity contribution in [2.24, 2.45) is 0 Å². The Balaban J connectivity index is 1.45. The Morgan fingerprint density at radius 1 is 1.19 bits per heavy atom. The van der Waals surface area contributed by atoms with Gasteiger partial charge in [0.1, 0.15) is 5.75 Å². The summed E-state index contributed by atoms with van der Waals surface area (Å²) in [6, 6.07) is 18.4. The minimum atomic E-state index is -0.647. The molecular weight excluding hydrogens is 430 g/mol. The van der Waals surface area contributed by atoms with Crippen molar-refractivity contribution in [1.29, 1.82) is 0 Å². The number of aromatic nitrogens is 2. The molecule has 1 unspecified atom stereocenters. The topological polar surface area (TPSA) is 72.7 Å². The molecule has 0 saturated carbocycles. The average molecular weight is 452 g/mol. The highest BCUT2D eigenvalue weighted by atomic mass is 32.2. The number of rotatable bonds is 7. The third-order valence-electron chi connectivity index (χ3n) is 4.48. The first-order valence-electron chi connectivity index (χ1n) is 9.73. The Morgan fingerprint density at radius 2 is 1.94 bits per heavy atom. The number of nitrogens with one attached hydrogen (secondary N) is 1. The van der Waals surface area contributed by atoms with E-state index in [2.05, 4.69) is 10.3 Å². The fourth-order valence-corrected chi connectivity index (χ4v) is 4.72. The van der Waals surface area contributed by atoms with Crippen molar-refractivity contribution in [3.8, 4) is 5.75 Å². The quantitative estimate of drug-likeness (QED) is 0.410. The summed E-state index contributed by atoms with van der Waals surface area (Å²) in [5, 5.41) is 2.94. The smallest absolute Gasteiger partial charge is 0.265 e. The molecule has 2 heterocycles. The number of aryl methyl sites for hydroxylation is 1. The van der Waals surface area contributed by atoms with Gasteiger partial charge in [-0.2, -0.15) is 0 Å². The number of fused-ring (bicyclic) bond motifs is 1. The Bertz CT molecular complexity index is 1270. The van der Waals surface area contributed by atoms with Crippen LogP contribution >= 0.6 is 23.1 Å². The summed E-state index contributed by atoms with van der Waals surface area (Å²) in [4.78, 5) is 32.2. The lowest BCUT2D eigenvalue weighted by molar-refractivity contribution is -0.122. The van der Waals surface area contributed by atoms with Gasteiger partial charge in [0.25, 0.3) is 11.5 Å².